The van der Waals surface area contributed by atoms with Crippen molar-refractivity contribution in [2.24, 2.45) is 7.05 Å². The second-order valence-corrected chi connectivity index (χ2v) is 6.84. The van der Waals surface area contributed by atoms with Crippen LogP contribution in [0.3, 0.4) is 0 Å². The van der Waals surface area contributed by atoms with Crippen LogP contribution in [0.25, 0.3) is 10.3 Å². The zero-order valence-corrected chi connectivity index (χ0v) is 13.8. The average Bonchev–Trinajstić information content (AvgIpc) is 3.07. The smallest absolute Gasteiger partial charge is 0.188 e. The Balaban J connectivity index is 1.95. The lowest BCUT2D eigenvalue weighted by molar-refractivity contribution is 0.724. The number of hydrogen-bond donors (Lipinski definition) is 0. The number of anilines is 1. The van der Waals surface area contributed by atoms with E-state index in [0.29, 0.717) is 0 Å². The van der Waals surface area contributed by atoms with Crippen LogP contribution in [0.5, 0.6) is 0 Å². The first-order valence-electron chi connectivity index (χ1n) is 6.42. The number of hydrogen-bond acceptors (Lipinski definition) is 6. The van der Waals surface area contributed by atoms with Crippen LogP contribution in [0.15, 0.2) is 5.38 Å². The third kappa shape index (κ3) is 2.10. The minimum absolute atomic E-state index is 0.225. The fourth-order valence-corrected chi connectivity index (χ4v) is 4.09. The van der Waals surface area contributed by atoms with Crippen molar-refractivity contribution in [1.82, 2.24) is 19.7 Å². The highest BCUT2D eigenvalue weighted by Crippen LogP contribution is 2.34. The zero-order valence-electron chi connectivity index (χ0n) is 12.2. The molecule has 0 aliphatic heterocycles. The van der Waals surface area contributed by atoms with E-state index in [0.717, 1.165) is 31.9 Å². The Kier molecular flexibility index (Phi) is 3.25. The lowest BCUT2D eigenvalue weighted by Crippen LogP contribution is -2.21. The maximum atomic E-state index is 4.71. The third-order valence-electron chi connectivity index (χ3n) is 3.41. The van der Waals surface area contributed by atoms with Gasteiger partial charge < -0.3 is 4.90 Å². The van der Waals surface area contributed by atoms with E-state index < -0.39 is 0 Å². The van der Waals surface area contributed by atoms with Gasteiger partial charge in [0.15, 0.2) is 10.8 Å². The highest BCUT2D eigenvalue weighted by Gasteiger charge is 2.20. The van der Waals surface area contributed by atoms with Gasteiger partial charge in [0.2, 0.25) is 0 Å². The Labute approximate surface area is 125 Å². The number of rotatable bonds is 3. The number of aryl methyl sites for hydroxylation is 3. The largest absolute Gasteiger partial charge is 0.342 e. The van der Waals surface area contributed by atoms with Crippen LogP contribution >= 0.6 is 22.7 Å². The molecule has 0 saturated heterocycles. The maximum Gasteiger partial charge on any atom is 0.188 e. The summed E-state index contributed by atoms with van der Waals surface area (Å²) in [5, 5.41) is 8.62. The Morgan fingerprint density at radius 3 is 2.65 bits per heavy atom. The van der Waals surface area contributed by atoms with Crippen molar-refractivity contribution in [3.8, 4) is 0 Å². The fourth-order valence-electron chi connectivity index (χ4n) is 2.12. The van der Waals surface area contributed by atoms with Crippen molar-refractivity contribution < 1.29 is 0 Å². The maximum absolute atomic E-state index is 4.71. The first kappa shape index (κ1) is 13.5. The molecule has 0 bridgehead atoms. The molecule has 0 aromatic carbocycles. The minimum atomic E-state index is 0.225. The van der Waals surface area contributed by atoms with Crippen LogP contribution in [0.1, 0.15) is 29.4 Å². The average molecular weight is 307 g/mol. The first-order chi connectivity index (χ1) is 9.47. The molecular formula is C13H17N5S2. The molecular weight excluding hydrogens is 290 g/mol. The molecule has 7 heteroatoms. The topological polar surface area (TPSA) is 46.8 Å². The van der Waals surface area contributed by atoms with E-state index in [4.69, 9.17) is 4.98 Å². The second-order valence-electron chi connectivity index (χ2n) is 4.97. The Morgan fingerprint density at radius 1 is 1.30 bits per heavy atom. The fraction of sp³-hybridized carbons (Fsp3) is 0.462. The van der Waals surface area contributed by atoms with Crippen LogP contribution in [0.4, 0.5) is 5.13 Å². The Morgan fingerprint density at radius 2 is 2.05 bits per heavy atom. The molecule has 20 heavy (non-hydrogen) atoms. The summed E-state index contributed by atoms with van der Waals surface area (Å²) < 4.78 is 3.01. The van der Waals surface area contributed by atoms with E-state index in [1.807, 2.05) is 25.6 Å². The molecule has 0 aliphatic rings. The predicted octanol–water partition coefficient (Wildman–Crippen LogP) is 3.30. The zero-order chi connectivity index (χ0) is 14.4. The van der Waals surface area contributed by atoms with Gasteiger partial charge in [0.05, 0.1) is 16.4 Å². The van der Waals surface area contributed by atoms with Crippen molar-refractivity contribution in [1.29, 1.82) is 0 Å². The van der Waals surface area contributed by atoms with Gasteiger partial charge in [-0.15, -0.1) is 11.3 Å². The SMILES string of the molecule is Cc1csc(C(C)N(C)c2nc3c(s2)c(C)nn3C)n1. The summed E-state index contributed by atoms with van der Waals surface area (Å²) in [6.07, 6.45) is 0. The van der Waals surface area contributed by atoms with Gasteiger partial charge in [0.1, 0.15) is 5.01 Å². The summed E-state index contributed by atoms with van der Waals surface area (Å²) in [5.74, 6) is 0. The third-order valence-corrected chi connectivity index (χ3v) is 5.79. The molecule has 0 amide bonds. The normalized spacial score (nSPS) is 13.1. The highest BCUT2D eigenvalue weighted by atomic mass is 32.1. The standard InChI is InChI=1S/C13H17N5S2/c1-7-6-19-12(14-7)9(3)17(4)13-15-11-10(20-13)8(2)16-18(11)5/h6,9H,1-5H3. The van der Waals surface area contributed by atoms with Gasteiger partial charge >= 0.3 is 0 Å². The molecule has 0 spiro atoms. The number of thiazole rings is 2. The highest BCUT2D eigenvalue weighted by molar-refractivity contribution is 7.22. The minimum Gasteiger partial charge on any atom is -0.342 e. The van der Waals surface area contributed by atoms with Gasteiger partial charge in [-0.05, 0) is 20.8 Å². The van der Waals surface area contributed by atoms with Crippen LogP contribution in [0, 0.1) is 13.8 Å². The summed E-state index contributed by atoms with van der Waals surface area (Å²) >= 11 is 3.39. The van der Waals surface area contributed by atoms with Crippen LogP contribution in [0.2, 0.25) is 0 Å². The lowest BCUT2D eigenvalue weighted by Gasteiger charge is -2.22. The molecule has 1 unspecified atom stereocenters. The molecule has 3 aromatic rings. The van der Waals surface area contributed by atoms with Gasteiger partial charge in [0.25, 0.3) is 0 Å². The van der Waals surface area contributed by atoms with Gasteiger partial charge in [-0.2, -0.15) is 5.10 Å². The quantitative estimate of drug-likeness (QED) is 0.745. The van der Waals surface area contributed by atoms with Crippen molar-refractivity contribution >= 4 is 38.2 Å². The van der Waals surface area contributed by atoms with E-state index in [2.05, 4.69) is 34.3 Å². The second kappa shape index (κ2) is 4.82. The summed E-state index contributed by atoms with van der Waals surface area (Å²) in [5.41, 5.74) is 3.07. The molecule has 0 fully saturated rings. The Bertz CT molecular complexity index is 720. The predicted molar refractivity (Wildman–Crippen MR) is 84.8 cm³/mol. The van der Waals surface area contributed by atoms with E-state index in [1.54, 1.807) is 22.7 Å². The van der Waals surface area contributed by atoms with Gasteiger partial charge in [-0.25, -0.2) is 14.6 Å². The molecule has 0 saturated carbocycles. The Hall–Kier alpha value is -1.47. The van der Waals surface area contributed by atoms with E-state index in [-0.39, 0.29) is 6.04 Å². The van der Waals surface area contributed by atoms with Gasteiger partial charge in [-0.1, -0.05) is 11.3 Å². The van der Waals surface area contributed by atoms with Crippen molar-refractivity contribution in [3.05, 3.63) is 21.8 Å². The number of fused-ring (bicyclic) bond motifs is 1. The summed E-state index contributed by atoms with van der Waals surface area (Å²) in [6, 6.07) is 0.225. The summed E-state index contributed by atoms with van der Waals surface area (Å²) in [6.45, 7) is 6.22. The summed E-state index contributed by atoms with van der Waals surface area (Å²) in [7, 11) is 4.01. The van der Waals surface area contributed by atoms with Crippen molar-refractivity contribution in [2.75, 3.05) is 11.9 Å². The van der Waals surface area contributed by atoms with Crippen LogP contribution in [-0.2, 0) is 7.05 Å². The first-order valence-corrected chi connectivity index (χ1v) is 8.12. The molecule has 3 heterocycles. The van der Waals surface area contributed by atoms with Crippen molar-refractivity contribution in [3.63, 3.8) is 0 Å². The van der Waals surface area contributed by atoms with Crippen LogP contribution in [-0.4, -0.2) is 26.8 Å². The molecule has 1 atom stereocenters. The molecule has 3 aromatic heterocycles. The molecule has 0 N–H and O–H groups in total. The van der Waals surface area contributed by atoms with E-state index in [1.165, 1.54) is 0 Å². The number of nitrogens with zero attached hydrogens (tertiary/aromatic N) is 5. The van der Waals surface area contributed by atoms with Gasteiger partial charge in [-0.3, -0.25) is 0 Å². The lowest BCUT2D eigenvalue weighted by atomic mass is 10.3. The molecule has 3 rings (SSSR count). The monoisotopic (exact) mass is 307 g/mol. The molecule has 0 radical (unpaired) electrons. The summed E-state index contributed by atoms with van der Waals surface area (Å²) in [4.78, 5) is 11.5. The number of aromatic nitrogens is 4. The molecule has 0 aliphatic carbocycles. The molecule has 106 valence electrons. The van der Waals surface area contributed by atoms with E-state index >= 15 is 0 Å². The van der Waals surface area contributed by atoms with E-state index in [9.17, 15) is 0 Å². The van der Waals surface area contributed by atoms with Gasteiger partial charge in [0, 0.05) is 25.2 Å². The molecule has 5 nitrogen and oxygen atoms in total. The van der Waals surface area contributed by atoms with Crippen molar-refractivity contribution in [2.45, 2.75) is 26.8 Å². The van der Waals surface area contributed by atoms with Crippen LogP contribution < -0.4 is 4.90 Å².